The van der Waals surface area contributed by atoms with Crippen molar-refractivity contribution in [2.45, 2.75) is 58.5 Å². The van der Waals surface area contributed by atoms with Gasteiger partial charge in [-0.15, -0.1) is 11.3 Å². The van der Waals surface area contributed by atoms with Gasteiger partial charge in [-0.3, -0.25) is 10.1 Å². The van der Waals surface area contributed by atoms with Crippen molar-refractivity contribution >= 4 is 27.3 Å². The van der Waals surface area contributed by atoms with Gasteiger partial charge in [0.2, 0.25) is 5.91 Å². The van der Waals surface area contributed by atoms with Gasteiger partial charge in [-0.25, -0.2) is 0 Å². The van der Waals surface area contributed by atoms with E-state index in [1.807, 2.05) is 11.9 Å². The van der Waals surface area contributed by atoms with Gasteiger partial charge in [-0.2, -0.15) is 0 Å². The molecule has 3 rings (SSSR count). The zero-order valence-electron chi connectivity index (χ0n) is 17.0. The van der Waals surface area contributed by atoms with E-state index < -0.39 is 0 Å². The Morgan fingerprint density at radius 2 is 2.15 bits per heavy atom. The summed E-state index contributed by atoms with van der Waals surface area (Å²) in [7, 11) is 1.99. The predicted octanol–water partition coefficient (Wildman–Crippen LogP) is 5.36. The van der Waals surface area contributed by atoms with Crippen LogP contribution in [0.5, 0.6) is 0 Å². The smallest absolute Gasteiger partial charge is 0.228 e. The van der Waals surface area contributed by atoms with Crippen LogP contribution < -0.4 is 5.32 Å². The maximum atomic E-state index is 13.3. The highest BCUT2D eigenvalue weighted by Gasteiger charge is 2.43. The van der Waals surface area contributed by atoms with E-state index in [4.69, 9.17) is 0 Å². The zero-order chi connectivity index (χ0) is 19.4. The molecule has 1 aliphatic carbocycles. The van der Waals surface area contributed by atoms with Crippen LogP contribution in [0, 0.1) is 5.92 Å². The molecule has 27 heavy (non-hydrogen) atoms. The monoisotopic (exact) mass is 384 g/mol. The molecular formula is C23H32N2OS. The number of allylic oxidation sites excluding steroid dienone is 1. The number of carbonyl (C=O) groups excluding carboxylic acids is 1. The third-order valence-electron chi connectivity index (χ3n) is 6.08. The summed E-state index contributed by atoms with van der Waals surface area (Å²) in [4.78, 5) is 15.3. The summed E-state index contributed by atoms with van der Waals surface area (Å²) in [5, 5.41) is 7.07. The first-order chi connectivity index (χ1) is 12.9. The number of carbonyl (C=O) groups is 1. The van der Waals surface area contributed by atoms with E-state index in [2.05, 4.69) is 61.8 Å². The molecule has 2 unspecified atom stereocenters. The molecule has 1 saturated carbocycles. The Balaban J connectivity index is 1.82. The van der Waals surface area contributed by atoms with Crippen LogP contribution in [0.2, 0.25) is 0 Å². The first kappa shape index (κ1) is 20.1. The molecule has 146 valence electrons. The van der Waals surface area contributed by atoms with Gasteiger partial charge < -0.3 is 4.90 Å². The second-order valence-corrected chi connectivity index (χ2v) is 9.06. The minimum atomic E-state index is -0.246. The lowest BCUT2D eigenvalue weighted by atomic mass is 9.78. The molecule has 1 aliphatic rings. The van der Waals surface area contributed by atoms with Crippen LogP contribution in [-0.4, -0.2) is 30.1 Å². The number of hydrogen-bond donors (Lipinski definition) is 1. The average molecular weight is 385 g/mol. The van der Waals surface area contributed by atoms with Crippen LogP contribution in [-0.2, 0) is 11.2 Å². The first-order valence-electron chi connectivity index (χ1n) is 10.0. The van der Waals surface area contributed by atoms with Crippen LogP contribution in [0.25, 0.3) is 10.1 Å². The van der Waals surface area contributed by atoms with E-state index >= 15 is 0 Å². The molecule has 1 fully saturated rings. The summed E-state index contributed by atoms with van der Waals surface area (Å²) in [5.41, 5.74) is 2.19. The number of nitrogens with one attached hydrogen (secondary N) is 1. The minimum Gasteiger partial charge on any atom is -0.327 e. The van der Waals surface area contributed by atoms with Crippen molar-refractivity contribution < 1.29 is 4.79 Å². The number of hydrogen-bond acceptors (Lipinski definition) is 3. The number of thiophene rings is 1. The number of rotatable bonds is 6. The van der Waals surface area contributed by atoms with Gasteiger partial charge in [0.05, 0.1) is 12.1 Å². The molecule has 0 radical (unpaired) electrons. The highest BCUT2D eigenvalue weighted by atomic mass is 32.1. The quantitative estimate of drug-likeness (QED) is 0.537. The molecule has 1 heterocycles. The van der Waals surface area contributed by atoms with Crippen molar-refractivity contribution in [3.05, 3.63) is 46.9 Å². The van der Waals surface area contributed by atoms with E-state index in [9.17, 15) is 4.79 Å². The van der Waals surface area contributed by atoms with Crippen molar-refractivity contribution in [3.63, 3.8) is 0 Å². The van der Waals surface area contributed by atoms with Gasteiger partial charge >= 0.3 is 0 Å². The number of fused-ring (bicyclic) bond motifs is 1. The third-order valence-corrected chi connectivity index (χ3v) is 6.96. The van der Waals surface area contributed by atoms with Gasteiger partial charge in [0.25, 0.3) is 0 Å². The Morgan fingerprint density at radius 3 is 2.89 bits per heavy atom. The Bertz CT molecular complexity index is 821. The van der Waals surface area contributed by atoms with Gasteiger partial charge in [0.1, 0.15) is 0 Å². The van der Waals surface area contributed by atoms with Crippen LogP contribution in [0.3, 0.4) is 0 Å². The van der Waals surface area contributed by atoms with Crippen molar-refractivity contribution in [2.75, 3.05) is 13.6 Å². The second kappa shape index (κ2) is 8.57. The largest absolute Gasteiger partial charge is 0.327 e. The van der Waals surface area contributed by atoms with E-state index in [1.54, 1.807) is 11.3 Å². The van der Waals surface area contributed by atoms with Gasteiger partial charge in [0.15, 0.2) is 0 Å². The molecule has 0 saturated heterocycles. The molecule has 0 aliphatic heterocycles. The number of likely N-dealkylation sites (N-methyl/N-ethyl adjacent to an activating group) is 1. The van der Waals surface area contributed by atoms with E-state index in [0.717, 1.165) is 18.5 Å². The molecule has 2 atom stereocenters. The minimum absolute atomic E-state index is 0.201. The highest BCUT2D eigenvalue weighted by Crippen LogP contribution is 2.36. The Kier molecular flexibility index (Phi) is 6.38. The van der Waals surface area contributed by atoms with Crippen molar-refractivity contribution in [2.24, 2.45) is 5.92 Å². The summed E-state index contributed by atoms with van der Waals surface area (Å²) in [6.07, 6.45) is 7.29. The molecular weight excluding hydrogens is 352 g/mol. The third kappa shape index (κ3) is 4.27. The van der Waals surface area contributed by atoms with Crippen molar-refractivity contribution in [3.8, 4) is 0 Å². The Morgan fingerprint density at radius 1 is 1.33 bits per heavy atom. The van der Waals surface area contributed by atoms with Gasteiger partial charge in [-0.1, -0.05) is 37.1 Å². The van der Waals surface area contributed by atoms with E-state index in [1.165, 1.54) is 34.9 Å². The molecule has 1 N–H and O–H groups in total. The molecule has 1 aromatic heterocycles. The van der Waals surface area contributed by atoms with Crippen molar-refractivity contribution in [1.29, 1.82) is 0 Å². The molecule has 1 aromatic carbocycles. The Hall–Kier alpha value is -1.65. The average Bonchev–Trinajstić information content (AvgIpc) is 3.12. The normalized spacial score (nSPS) is 22.6. The highest BCUT2D eigenvalue weighted by molar-refractivity contribution is 7.17. The SMILES string of the molecule is CC(C)=CCNC1(N(C)C(=O)Cc2cccc3sccc23)CCCCC1C. The summed E-state index contributed by atoms with van der Waals surface area (Å²) in [6.45, 7) is 7.34. The predicted molar refractivity (Wildman–Crippen MR) is 116 cm³/mol. The molecule has 2 aromatic rings. The first-order valence-corrected chi connectivity index (χ1v) is 10.9. The van der Waals surface area contributed by atoms with Gasteiger partial charge in [-0.05, 0) is 67.5 Å². The van der Waals surface area contributed by atoms with Gasteiger partial charge in [0, 0.05) is 18.3 Å². The summed E-state index contributed by atoms with van der Waals surface area (Å²) < 4.78 is 1.25. The zero-order valence-corrected chi connectivity index (χ0v) is 17.9. The van der Waals surface area contributed by atoms with Crippen LogP contribution in [0.4, 0.5) is 0 Å². The lowest BCUT2D eigenvalue weighted by Crippen LogP contribution is -2.64. The molecule has 0 spiro atoms. The van der Waals surface area contributed by atoms with E-state index in [-0.39, 0.29) is 11.6 Å². The maximum Gasteiger partial charge on any atom is 0.228 e. The fraction of sp³-hybridized carbons (Fsp3) is 0.522. The van der Waals surface area contributed by atoms with Crippen molar-refractivity contribution in [1.82, 2.24) is 10.2 Å². The lowest BCUT2D eigenvalue weighted by molar-refractivity contribution is -0.140. The maximum absolute atomic E-state index is 13.3. The summed E-state index contributed by atoms with van der Waals surface area (Å²) >= 11 is 1.73. The fourth-order valence-corrected chi connectivity index (χ4v) is 5.19. The molecule has 1 amide bonds. The lowest BCUT2D eigenvalue weighted by Gasteiger charge is -2.49. The number of nitrogens with zero attached hydrogens (tertiary/aromatic N) is 1. The summed E-state index contributed by atoms with van der Waals surface area (Å²) in [6, 6.07) is 8.42. The Labute approximate surface area is 167 Å². The van der Waals surface area contributed by atoms with Crippen LogP contribution in [0.15, 0.2) is 41.3 Å². The molecule has 0 bridgehead atoms. The second-order valence-electron chi connectivity index (χ2n) is 8.11. The standard InChI is InChI=1S/C23H32N2OS/c1-17(2)11-14-24-23(13-6-5-8-18(23)3)25(4)22(26)16-19-9-7-10-21-20(19)12-15-27-21/h7,9-12,15,18,24H,5-6,8,13-14,16H2,1-4H3. The number of amides is 1. The van der Waals surface area contributed by atoms with E-state index in [0.29, 0.717) is 12.3 Å². The summed E-state index contributed by atoms with van der Waals surface area (Å²) in [5.74, 6) is 0.648. The number of benzene rings is 1. The molecule has 4 heteroatoms. The molecule has 3 nitrogen and oxygen atoms in total. The fourth-order valence-electron chi connectivity index (χ4n) is 4.36. The van der Waals surface area contributed by atoms with Crippen LogP contribution >= 0.6 is 11.3 Å². The topological polar surface area (TPSA) is 32.3 Å². The van der Waals surface area contributed by atoms with Crippen LogP contribution in [0.1, 0.15) is 52.0 Å².